The third kappa shape index (κ3) is 6.17. The van der Waals surface area contributed by atoms with Crippen LogP contribution < -0.4 is 14.2 Å². The molecule has 0 saturated carbocycles. The molecule has 0 saturated heterocycles. The van der Waals surface area contributed by atoms with E-state index in [0.717, 1.165) is 63.6 Å². The summed E-state index contributed by atoms with van der Waals surface area (Å²) in [5.74, 6) is 2.69. The second-order valence-electron chi connectivity index (χ2n) is 9.94. The molecule has 2 atom stereocenters. The topological polar surface area (TPSA) is 43.3 Å². The number of benzene rings is 3. The van der Waals surface area contributed by atoms with Gasteiger partial charge in [-0.2, -0.15) is 5.10 Å². The summed E-state index contributed by atoms with van der Waals surface area (Å²) in [6, 6.07) is 22.9. The molecule has 0 amide bonds. The van der Waals surface area contributed by atoms with Gasteiger partial charge in [0.25, 0.3) is 0 Å². The summed E-state index contributed by atoms with van der Waals surface area (Å²) >= 11 is 3.64. The molecule has 0 aliphatic carbocycles. The molecular weight excluding hydrogens is 540 g/mol. The lowest BCUT2D eigenvalue weighted by Crippen LogP contribution is -2.33. The highest BCUT2D eigenvalue weighted by Gasteiger charge is 2.41. The van der Waals surface area contributed by atoms with Crippen molar-refractivity contribution in [2.24, 2.45) is 5.10 Å². The molecule has 3 aromatic rings. The molecule has 2 heterocycles. The van der Waals surface area contributed by atoms with Crippen LogP contribution in [0.3, 0.4) is 0 Å². The van der Waals surface area contributed by atoms with E-state index < -0.39 is 0 Å². The highest BCUT2D eigenvalue weighted by molar-refractivity contribution is 9.10. The van der Waals surface area contributed by atoms with Crippen LogP contribution in [0.1, 0.15) is 87.8 Å². The van der Waals surface area contributed by atoms with Crippen LogP contribution in [0.25, 0.3) is 0 Å². The Morgan fingerprint density at radius 1 is 0.868 bits per heavy atom. The van der Waals surface area contributed by atoms with Gasteiger partial charge in [-0.3, -0.25) is 0 Å². The summed E-state index contributed by atoms with van der Waals surface area (Å²) in [5.41, 5.74) is 4.38. The molecule has 5 nitrogen and oxygen atoms in total. The van der Waals surface area contributed by atoms with Crippen molar-refractivity contribution < 1.29 is 14.2 Å². The first kappa shape index (κ1) is 26.6. The number of fused-ring (bicyclic) bond motifs is 3. The fourth-order valence-electron chi connectivity index (χ4n) is 5.16. The minimum absolute atomic E-state index is 0.103. The molecular formula is C32H37BrN2O3. The van der Waals surface area contributed by atoms with Gasteiger partial charge in [-0.05, 0) is 85.6 Å². The zero-order valence-corrected chi connectivity index (χ0v) is 24.0. The van der Waals surface area contributed by atoms with Crippen LogP contribution >= 0.6 is 15.9 Å². The first-order valence-corrected chi connectivity index (χ1v) is 14.7. The largest absolute Gasteiger partial charge is 0.494 e. The van der Waals surface area contributed by atoms with Crippen LogP contribution in [0.15, 0.2) is 76.3 Å². The van der Waals surface area contributed by atoms with Crippen molar-refractivity contribution in [1.82, 2.24) is 5.01 Å². The number of hydrogen-bond acceptors (Lipinski definition) is 5. The van der Waals surface area contributed by atoms with E-state index in [1.165, 1.54) is 32.1 Å². The highest BCUT2D eigenvalue weighted by atomic mass is 79.9. The fourth-order valence-corrected chi connectivity index (χ4v) is 5.54. The normalized spacial score (nSPS) is 17.9. The SMILES string of the molecule is CCCCCCCCOc1ccc([C@@H]2Oc3ccc(Br)cc3[C@@H]3CC(c4ccc(OCC)cc4)=NN32)cc1. The van der Waals surface area contributed by atoms with E-state index in [4.69, 9.17) is 19.3 Å². The van der Waals surface area contributed by atoms with Gasteiger partial charge in [0.05, 0.1) is 25.0 Å². The van der Waals surface area contributed by atoms with Crippen molar-refractivity contribution in [3.05, 3.63) is 87.9 Å². The van der Waals surface area contributed by atoms with Gasteiger partial charge in [-0.1, -0.05) is 55.0 Å². The number of unbranched alkanes of at least 4 members (excludes halogenated alkanes) is 5. The van der Waals surface area contributed by atoms with Gasteiger partial charge >= 0.3 is 0 Å². The van der Waals surface area contributed by atoms with Gasteiger partial charge in [0.2, 0.25) is 6.23 Å². The Balaban J connectivity index is 1.32. The van der Waals surface area contributed by atoms with E-state index in [2.05, 4.69) is 76.4 Å². The minimum Gasteiger partial charge on any atom is -0.494 e. The number of hydrazone groups is 1. The molecule has 0 fully saturated rings. The summed E-state index contributed by atoms with van der Waals surface area (Å²) in [4.78, 5) is 0. The van der Waals surface area contributed by atoms with Crippen LogP contribution in [0.2, 0.25) is 0 Å². The van der Waals surface area contributed by atoms with Crippen molar-refractivity contribution >= 4 is 21.6 Å². The minimum atomic E-state index is -0.304. The smallest absolute Gasteiger partial charge is 0.213 e. The zero-order valence-electron chi connectivity index (χ0n) is 22.4. The first-order valence-electron chi connectivity index (χ1n) is 13.9. The first-order chi connectivity index (χ1) is 18.7. The molecule has 0 radical (unpaired) electrons. The molecule has 0 N–H and O–H groups in total. The Kier molecular flexibility index (Phi) is 8.90. The van der Waals surface area contributed by atoms with Gasteiger partial charge in [-0.25, -0.2) is 5.01 Å². The third-order valence-corrected chi connectivity index (χ3v) is 7.68. The van der Waals surface area contributed by atoms with Crippen molar-refractivity contribution in [3.63, 3.8) is 0 Å². The summed E-state index contributed by atoms with van der Waals surface area (Å²) in [6.07, 6.45) is 8.07. The molecule has 0 spiro atoms. The average Bonchev–Trinajstić information content (AvgIpc) is 3.39. The monoisotopic (exact) mass is 576 g/mol. The Labute approximate surface area is 234 Å². The summed E-state index contributed by atoms with van der Waals surface area (Å²) < 4.78 is 19.2. The van der Waals surface area contributed by atoms with E-state index in [-0.39, 0.29) is 12.3 Å². The maximum absolute atomic E-state index is 6.54. The Morgan fingerprint density at radius 2 is 1.58 bits per heavy atom. The number of nitrogens with zero attached hydrogens (tertiary/aromatic N) is 2. The van der Waals surface area contributed by atoms with Gasteiger partial charge in [0.1, 0.15) is 17.2 Å². The molecule has 0 unspecified atom stereocenters. The number of hydrogen-bond donors (Lipinski definition) is 0. The summed E-state index contributed by atoms with van der Waals surface area (Å²) in [7, 11) is 0. The highest BCUT2D eigenvalue weighted by Crippen LogP contribution is 2.48. The van der Waals surface area contributed by atoms with Crippen LogP contribution in [0, 0.1) is 0 Å². The van der Waals surface area contributed by atoms with Crippen molar-refractivity contribution in [2.45, 2.75) is 71.1 Å². The number of ether oxygens (including phenoxy) is 3. The van der Waals surface area contributed by atoms with Crippen molar-refractivity contribution in [3.8, 4) is 17.2 Å². The fraction of sp³-hybridized carbons (Fsp3) is 0.406. The van der Waals surface area contributed by atoms with Crippen molar-refractivity contribution in [1.29, 1.82) is 0 Å². The Hall–Kier alpha value is -2.99. The van der Waals surface area contributed by atoms with Crippen LogP contribution in [-0.4, -0.2) is 23.9 Å². The van der Waals surface area contributed by atoms with E-state index >= 15 is 0 Å². The summed E-state index contributed by atoms with van der Waals surface area (Å²) in [5, 5.41) is 7.21. The third-order valence-electron chi connectivity index (χ3n) is 7.18. The van der Waals surface area contributed by atoms with E-state index in [1.54, 1.807) is 0 Å². The molecule has 5 rings (SSSR count). The lowest BCUT2D eigenvalue weighted by atomic mass is 9.96. The number of halogens is 1. The average molecular weight is 578 g/mol. The van der Waals surface area contributed by atoms with E-state index in [9.17, 15) is 0 Å². The molecule has 3 aromatic carbocycles. The second-order valence-corrected chi connectivity index (χ2v) is 10.9. The maximum atomic E-state index is 6.54. The lowest BCUT2D eigenvalue weighted by Gasteiger charge is -2.38. The Bertz CT molecular complexity index is 1230. The predicted molar refractivity (Wildman–Crippen MR) is 156 cm³/mol. The molecule has 2 aliphatic rings. The maximum Gasteiger partial charge on any atom is 0.213 e. The molecule has 38 heavy (non-hydrogen) atoms. The molecule has 0 bridgehead atoms. The second kappa shape index (κ2) is 12.7. The van der Waals surface area contributed by atoms with E-state index in [0.29, 0.717) is 6.61 Å². The van der Waals surface area contributed by atoms with Crippen LogP contribution in [0.5, 0.6) is 17.2 Å². The molecule has 0 aromatic heterocycles. The number of rotatable bonds is 12. The molecule has 6 heteroatoms. The standard InChI is InChI=1S/C32H37BrN2O3/c1-3-5-6-7-8-9-20-37-27-17-12-24(13-18-27)32-35-30(28-21-25(33)14-19-31(28)38-32)22-29(34-35)23-10-15-26(16-11-23)36-4-2/h10-19,21,30,32H,3-9,20,22H2,1-2H3/t30-,32-/m0/s1. The predicted octanol–water partition coefficient (Wildman–Crippen LogP) is 8.83. The van der Waals surface area contributed by atoms with Crippen LogP contribution in [0.4, 0.5) is 0 Å². The lowest BCUT2D eigenvalue weighted by molar-refractivity contribution is -0.0191. The van der Waals surface area contributed by atoms with Gasteiger partial charge < -0.3 is 14.2 Å². The summed E-state index contributed by atoms with van der Waals surface area (Å²) in [6.45, 7) is 5.66. The van der Waals surface area contributed by atoms with Gasteiger partial charge in [0.15, 0.2) is 0 Å². The quantitative estimate of drug-likeness (QED) is 0.202. The van der Waals surface area contributed by atoms with Gasteiger partial charge in [-0.15, -0.1) is 0 Å². The van der Waals surface area contributed by atoms with Crippen LogP contribution in [-0.2, 0) is 0 Å². The van der Waals surface area contributed by atoms with Gasteiger partial charge in [0, 0.05) is 22.0 Å². The molecule has 200 valence electrons. The Morgan fingerprint density at radius 3 is 2.34 bits per heavy atom. The zero-order chi connectivity index (χ0) is 26.3. The van der Waals surface area contributed by atoms with E-state index in [1.807, 2.05) is 25.1 Å². The molecule has 2 aliphatic heterocycles. The van der Waals surface area contributed by atoms with Crippen molar-refractivity contribution in [2.75, 3.05) is 13.2 Å².